The quantitative estimate of drug-likeness (QED) is 0.746. The van der Waals surface area contributed by atoms with Crippen molar-refractivity contribution in [3.05, 3.63) is 53.5 Å². The van der Waals surface area contributed by atoms with Crippen LogP contribution in [0.1, 0.15) is 56.9 Å². The normalized spacial score (nSPS) is 17.3. The van der Waals surface area contributed by atoms with Gasteiger partial charge in [-0.15, -0.1) is 0 Å². The fourth-order valence-corrected chi connectivity index (χ4v) is 3.79. The van der Waals surface area contributed by atoms with Gasteiger partial charge in [0.05, 0.1) is 5.60 Å². The molecule has 0 spiro atoms. The molecular weight excluding hydrogens is 364 g/mol. The Hall–Kier alpha value is -2.02. The minimum absolute atomic E-state index is 0.313. The Morgan fingerprint density at radius 2 is 1.76 bits per heavy atom. The molecule has 3 N–H and O–H groups in total. The lowest BCUT2D eigenvalue weighted by Crippen LogP contribution is -2.44. The first-order chi connectivity index (χ1) is 13.8. The van der Waals surface area contributed by atoms with E-state index in [1.807, 2.05) is 32.9 Å². The predicted molar refractivity (Wildman–Crippen MR) is 115 cm³/mol. The summed E-state index contributed by atoms with van der Waals surface area (Å²) in [7, 11) is 0. The molecule has 2 heterocycles. The highest BCUT2D eigenvalue weighted by atomic mass is 16.5. The van der Waals surface area contributed by atoms with Crippen molar-refractivity contribution < 1.29 is 9.84 Å². The van der Waals surface area contributed by atoms with Crippen LogP contribution in [0.3, 0.4) is 0 Å². The highest BCUT2D eigenvalue weighted by molar-refractivity contribution is 5.27. The fourth-order valence-electron chi connectivity index (χ4n) is 3.79. The molecule has 1 aromatic heterocycles. The monoisotopic (exact) mass is 398 g/mol. The Kier molecular flexibility index (Phi) is 6.88. The van der Waals surface area contributed by atoms with E-state index in [1.165, 1.54) is 11.1 Å². The van der Waals surface area contributed by atoms with Crippen LogP contribution in [0.15, 0.2) is 36.7 Å². The number of hydrogen-bond acceptors (Lipinski definition) is 6. The molecule has 0 unspecified atom stereocenters. The van der Waals surface area contributed by atoms with Crippen molar-refractivity contribution in [1.82, 2.24) is 14.9 Å². The van der Waals surface area contributed by atoms with Gasteiger partial charge >= 0.3 is 0 Å². The molecule has 0 amide bonds. The minimum Gasteiger partial charge on any atom is -0.471 e. The molecule has 3 rings (SSSR count). The van der Waals surface area contributed by atoms with Gasteiger partial charge in [-0.05, 0) is 57.6 Å². The van der Waals surface area contributed by atoms with Crippen molar-refractivity contribution >= 4 is 0 Å². The summed E-state index contributed by atoms with van der Waals surface area (Å²) in [4.78, 5) is 11.2. The summed E-state index contributed by atoms with van der Waals surface area (Å²) in [5.74, 6) is 0.597. The van der Waals surface area contributed by atoms with Crippen LogP contribution in [-0.4, -0.2) is 44.3 Å². The van der Waals surface area contributed by atoms with Crippen LogP contribution in [0.25, 0.3) is 0 Å². The average molecular weight is 399 g/mol. The molecule has 0 bridgehead atoms. The number of nitrogens with two attached hydrogens (primary N) is 1. The molecule has 6 nitrogen and oxygen atoms in total. The zero-order valence-electron chi connectivity index (χ0n) is 17.9. The molecule has 1 saturated heterocycles. The van der Waals surface area contributed by atoms with E-state index in [0.29, 0.717) is 19.0 Å². The van der Waals surface area contributed by atoms with Crippen LogP contribution in [0.2, 0.25) is 0 Å². The second-order valence-corrected chi connectivity index (χ2v) is 9.00. The number of aromatic nitrogens is 2. The number of aliphatic hydroxyl groups is 1. The van der Waals surface area contributed by atoms with Crippen LogP contribution in [0.5, 0.6) is 5.88 Å². The topological polar surface area (TPSA) is 84.5 Å². The van der Waals surface area contributed by atoms with E-state index in [1.54, 1.807) is 12.4 Å². The largest absolute Gasteiger partial charge is 0.471 e. The Morgan fingerprint density at radius 3 is 2.41 bits per heavy atom. The van der Waals surface area contributed by atoms with Gasteiger partial charge in [-0.25, -0.2) is 4.98 Å². The summed E-state index contributed by atoms with van der Waals surface area (Å²) in [6, 6.07) is 8.24. The lowest BCUT2D eigenvalue weighted by atomic mass is 9.85. The standard InChI is InChI=1S/C23H34N4O2/c1-22(2,3)29-21-20(25-12-13-26-21)17-27-14-10-23(28,11-15-27)9-8-18-6-4-5-7-19(18)16-24/h4-7,12-13,28H,8-11,14-17,24H2,1-3H3. The molecule has 1 aliphatic rings. The molecule has 1 aromatic carbocycles. The molecule has 1 fully saturated rings. The first-order valence-electron chi connectivity index (χ1n) is 10.5. The summed E-state index contributed by atoms with van der Waals surface area (Å²) in [5, 5.41) is 11.1. The number of ether oxygens (including phenoxy) is 1. The van der Waals surface area contributed by atoms with Crippen LogP contribution >= 0.6 is 0 Å². The van der Waals surface area contributed by atoms with Crippen molar-refractivity contribution in [2.45, 2.75) is 70.7 Å². The van der Waals surface area contributed by atoms with Gasteiger partial charge in [-0.1, -0.05) is 24.3 Å². The molecule has 0 saturated carbocycles. The summed E-state index contributed by atoms with van der Waals surface area (Å²) < 4.78 is 5.96. The molecule has 0 radical (unpaired) electrons. The molecule has 2 aromatic rings. The number of rotatable bonds is 7. The van der Waals surface area contributed by atoms with Crippen molar-refractivity contribution in [1.29, 1.82) is 0 Å². The fraction of sp³-hybridized carbons (Fsp3) is 0.565. The lowest BCUT2D eigenvalue weighted by Gasteiger charge is -2.38. The lowest BCUT2D eigenvalue weighted by molar-refractivity contribution is -0.0295. The summed E-state index contributed by atoms with van der Waals surface area (Å²) in [5.41, 5.74) is 8.18. The van der Waals surface area contributed by atoms with Gasteiger partial charge in [0.2, 0.25) is 5.88 Å². The molecule has 1 aliphatic heterocycles. The third-order valence-electron chi connectivity index (χ3n) is 5.50. The van der Waals surface area contributed by atoms with Gasteiger partial charge in [0.1, 0.15) is 11.3 Å². The number of aryl methyl sites for hydroxylation is 1. The zero-order chi connectivity index (χ0) is 20.9. The van der Waals surface area contributed by atoms with E-state index in [-0.39, 0.29) is 5.60 Å². The Labute approximate surface area is 174 Å². The Balaban J connectivity index is 1.55. The smallest absolute Gasteiger partial charge is 0.237 e. The van der Waals surface area contributed by atoms with Gasteiger partial charge in [-0.2, -0.15) is 0 Å². The van der Waals surface area contributed by atoms with Gasteiger partial charge < -0.3 is 15.6 Å². The van der Waals surface area contributed by atoms with E-state index >= 15 is 0 Å². The van der Waals surface area contributed by atoms with Crippen molar-refractivity contribution in [3.63, 3.8) is 0 Å². The van der Waals surface area contributed by atoms with Crippen LogP contribution in [-0.2, 0) is 19.5 Å². The van der Waals surface area contributed by atoms with Crippen molar-refractivity contribution in [2.75, 3.05) is 13.1 Å². The zero-order valence-corrected chi connectivity index (χ0v) is 17.9. The Morgan fingerprint density at radius 1 is 1.10 bits per heavy atom. The molecular formula is C23H34N4O2. The molecule has 6 heteroatoms. The summed E-state index contributed by atoms with van der Waals surface area (Å²) in [6.07, 6.45) is 6.51. The first kappa shape index (κ1) is 21.7. The maximum absolute atomic E-state index is 11.1. The van der Waals surface area contributed by atoms with Crippen LogP contribution in [0.4, 0.5) is 0 Å². The highest BCUT2D eigenvalue weighted by Gasteiger charge is 2.32. The number of benzene rings is 1. The maximum atomic E-state index is 11.1. The number of hydrogen-bond donors (Lipinski definition) is 2. The maximum Gasteiger partial charge on any atom is 0.237 e. The SMILES string of the molecule is CC(C)(C)Oc1nccnc1CN1CCC(O)(CCc2ccccc2CN)CC1. The average Bonchev–Trinajstić information content (AvgIpc) is 2.69. The van der Waals surface area contributed by atoms with Gasteiger partial charge in [0.15, 0.2) is 0 Å². The van der Waals surface area contributed by atoms with Gasteiger partial charge in [0.25, 0.3) is 0 Å². The van der Waals surface area contributed by atoms with E-state index in [9.17, 15) is 5.11 Å². The summed E-state index contributed by atoms with van der Waals surface area (Å²) >= 11 is 0. The first-order valence-corrected chi connectivity index (χ1v) is 10.5. The van der Waals surface area contributed by atoms with Crippen molar-refractivity contribution in [2.24, 2.45) is 5.73 Å². The van der Waals surface area contributed by atoms with Crippen LogP contribution in [0, 0.1) is 0 Å². The van der Waals surface area contributed by atoms with Crippen molar-refractivity contribution in [3.8, 4) is 5.88 Å². The van der Waals surface area contributed by atoms with E-state index in [2.05, 4.69) is 27.0 Å². The Bertz CT molecular complexity index is 795. The minimum atomic E-state index is -0.620. The van der Waals surface area contributed by atoms with Gasteiger partial charge in [0, 0.05) is 38.6 Å². The van der Waals surface area contributed by atoms with E-state index in [0.717, 1.165) is 44.5 Å². The third-order valence-corrected chi connectivity index (χ3v) is 5.50. The number of nitrogens with zero attached hydrogens (tertiary/aromatic N) is 3. The molecule has 0 atom stereocenters. The second-order valence-electron chi connectivity index (χ2n) is 9.00. The van der Waals surface area contributed by atoms with Crippen LogP contribution < -0.4 is 10.5 Å². The predicted octanol–water partition coefficient (Wildman–Crippen LogP) is 3.07. The van der Waals surface area contributed by atoms with Gasteiger partial charge in [-0.3, -0.25) is 9.88 Å². The molecule has 158 valence electrons. The number of piperidine rings is 1. The second kappa shape index (κ2) is 9.20. The van der Waals surface area contributed by atoms with E-state index < -0.39 is 5.60 Å². The van der Waals surface area contributed by atoms with E-state index in [4.69, 9.17) is 10.5 Å². The summed E-state index contributed by atoms with van der Waals surface area (Å²) in [6.45, 7) is 8.92. The molecule has 0 aliphatic carbocycles. The highest BCUT2D eigenvalue weighted by Crippen LogP contribution is 2.29. The molecule has 29 heavy (non-hydrogen) atoms. The number of likely N-dealkylation sites (tertiary alicyclic amines) is 1. The third kappa shape index (κ3) is 6.23.